The molecule has 2 aromatic heterocycles. The topological polar surface area (TPSA) is 103 Å². The number of fused-ring (bicyclic) bond motifs is 1. The number of aliphatic carboxylic acids is 1. The SMILES string of the molecule is CCOC(=O)c1c(/C(C)=C(/C(=O)O)c2cccs2)c2ccccc2n1S(=O)(=O)c1ccc(C)cc1. The van der Waals surface area contributed by atoms with E-state index in [2.05, 4.69) is 0 Å². The van der Waals surface area contributed by atoms with Crippen LogP contribution in [0.2, 0.25) is 0 Å². The summed E-state index contributed by atoms with van der Waals surface area (Å²) in [6.07, 6.45) is 0. The molecule has 0 saturated carbocycles. The smallest absolute Gasteiger partial charge is 0.356 e. The monoisotopic (exact) mass is 509 g/mol. The summed E-state index contributed by atoms with van der Waals surface area (Å²) in [7, 11) is -4.24. The summed E-state index contributed by atoms with van der Waals surface area (Å²) in [4.78, 5) is 26.1. The molecule has 0 spiro atoms. The maximum Gasteiger partial charge on any atom is 0.356 e. The van der Waals surface area contributed by atoms with Crippen molar-refractivity contribution in [3.05, 3.63) is 87.7 Å². The molecular formula is C26H23NO6S2. The number of hydrogen-bond donors (Lipinski definition) is 1. The summed E-state index contributed by atoms with van der Waals surface area (Å²) in [6, 6.07) is 16.3. The number of thiophene rings is 1. The highest BCUT2D eigenvalue weighted by Gasteiger charge is 2.33. The minimum atomic E-state index is -4.24. The van der Waals surface area contributed by atoms with E-state index in [0.717, 1.165) is 9.54 Å². The lowest BCUT2D eigenvalue weighted by Gasteiger charge is -2.14. The van der Waals surface area contributed by atoms with Gasteiger partial charge in [-0.2, -0.15) is 0 Å². The van der Waals surface area contributed by atoms with Crippen molar-refractivity contribution in [2.75, 3.05) is 6.61 Å². The minimum Gasteiger partial charge on any atom is -0.478 e. The van der Waals surface area contributed by atoms with E-state index in [9.17, 15) is 23.1 Å². The van der Waals surface area contributed by atoms with Gasteiger partial charge in [0.25, 0.3) is 10.0 Å². The lowest BCUT2D eigenvalue weighted by atomic mass is 9.97. The van der Waals surface area contributed by atoms with Gasteiger partial charge in [0.15, 0.2) is 5.69 Å². The number of benzene rings is 2. The third-order valence-electron chi connectivity index (χ3n) is 5.59. The molecule has 0 radical (unpaired) electrons. The molecular weight excluding hydrogens is 486 g/mol. The number of para-hydroxylation sites is 1. The van der Waals surface area contributed by atoms with E-state index in [-0.39, 0.29) is 39.4 Å². The molecule has 35 heavy (non-hydrogen) atoms. The summed E-state index contributed by atoms with van der Waals surface area (Å²) in [5, 5.41) is 12.2. The van der Waals surface area contributed by atoms with E-state index in [1.54, 1.807) is 67.8 Å². The van der Waals surface area contributed by atoms with Crippen molar-refractivity contribution < 1.29 is 27.9 Å². The number of esters is 1. The van der Waals surface area contributed by atoms with Gasteiger partial charge in [0, 0.05) is 15.8 Å². The molecule has 0 amide bonds. The lowest BCUT2D eigenvalue weighted by molar-refractivity contribution is -0.130. The summed E-state index contributed by atoms with van der Waals surface area (Å²) < 4.78 is 34.0. The number of ether oxygens (including phenoxy) is 1. The molecule has 2 aromatic carbocycles. The molecule has 4 aromatic rings. The van der Waals surface area contributed by atoms with Crippen molar-refractivity contribution in [1.29, 1.82) is 0 Å². The van der Waals surface area contributed by atoms with Gasteiger partial charge in [-0.15, -0.1) is 11.3 Å². The second-order valence-electron chi connectivity index (χ2n) is 7.83. The fraction of sp³-hybridized carbons (Fsp3) is 0.154. The lowest BCUT2D eigenvalue weighted by Crippen LogP contribution is -2.21. The van der Waals surface area contributed by atoms with E-state index >= 15 is 0 Å². The highest BCUT2D eigenvalue weighted by atomic mass is 32.2. The number of aryl methyl sites for hydroxylation is 1. The van der Waals surface area contributed by atoms with Crippen LogP contribution in [-0.4, -0.2) is 36.0 Å². The maximum atomic E-state index is 13.9. The van der Waals surface area contributed by atoms with E-state index in [0.29, 0.717) is 10.3 Å². The predicted molar refractivity (Wildman–Crippen MR) is 136 cm³/mol. The number of rotatable bonds is 7. The third-order valence-corrected chi connectivity index (χ3v) is 8.21. The van der Waals surface area contributed by atoms with E-state index in [1.165, 1.54) is 23.5 Å². The quantitative estimate of drug-likeness (QED) is 0.263. The second kappa shape index (κ2) is 9.52. The summed E-state index contributed by atoms with van der Waals surface area (Å²) in [6.45, 7) is 5.06. The zero-order chi connectivity index (χ0) is 25.3. The number of carbonyl (C=O) groups excluding carboxylic acids is 1. The van der Waals surface area contributed by atoms with Crippen LogP contribution >= 0.6 is 11.3 Å². The van der Waals surface area contributed by atoms with E-state index in [4.69, 9.17) is 4.74 Å². The first-order valence-corrected chi connectivity index (χ1v) is 13.1. The Hall–Kier alpha value is -3.69. The molecule has 180 valence electrons. The van der Waals surface area contributed by atoms with Crippen LogP contribution in [0.5, 0.6) is 0 Å². The van der Waals surface area contributed by atoms with Gasteiger partial charge >= 0.3 is 11.9 Å². The van der Waals surface area contributed by atoms with E-state index < -0.39 is 22.0 Å². The summed E-state index contributed by atoms with van der Waals surface area (Å²) in [5.74, 6) is -2.04. The van der Waals surface area contributed by atoms with Gasteiger partial charge in [-0.1, -0.05) is 42.0 Å². The Morgan fingerprint density at radius 2 is 1.71 bits per heavy atom. The molecule has 0 saturated heterocycles. The van der Waals surface area contributed by atoms with Crippen LogP contribution in [0.25, 0.3) is 22.0 Å². The van der Waals surface area contributed by atoms with Crippen molar-refractivity contribution in [3.8, 4) is 0 Å². The molecule has 2 heterocycles. The molecule has 0 fully saturated rings. The maximum absolute atomic E-state index is 13.9. The van der Waals surface area contributed by atoms with Gasteiger partial charge < -0.3 is 9.84 Å². The number of nitrogens with zero attached hydrogens (tertiary/aromatic N) is 1. The molecule has 0 bridgehead atoms. The Labute approximate surface area is 207 Å². The predicted octanol–water partition coefficient (Wildman–Crippen LogP) is 5.44. The first kappa shape index (κ1) is 24.4. The average molecular weight is 510 g/mol. The zero-order valence-corrected chi connectivity index (χ0v) is 20.9. The molecule has 1 N–H and O–H groups in total. The third kappa shape index (κ3) is 4.28. The fourth-order valence-corrected chi connectivity index (χ4v) is 6.37. The van der Waals surface area contributed by atoms with Gasteiger partial charge in [-0.25, -0.2) is 22.0 Å². The number of carbonyl (C=O) groups is 2. The number of carboxylic acids is 1. The van der Waals surface area contributed by atoms with Gasteiger partial charge in [-0.05, 0) is 56.0 Å². The summed E-state index contributed by atoms with van der Waals surface area (Å²) >= 11 is 1.24. The number of hydrogen-bond acceptors (Lipinski definition) is 6. The molecule has 9 heteroatoms. The van der Waals surface area contributed by atoms with Gasteiger partial charge in [0.1, 0.15) is 0 Å². The standard InChI is InChI=1S/C26H23NO6S2/c1-4-33-26(30)24-22(17(3)23(25(28)29)21-10-7-15-34-21)19-8-5-6-9-20(19)27(24)35(31,32)18-13-11-16(2)12-14-18/h5-15H,4H2,1-3H3,(H,28,29)/b23-17+. The Bertz CT molecular complexity index is 1560. The molecule has 7 nitrogen and oxygen atoms in total. The Morgan fingerprint density at radius 3 is 2.31 bits per heavy atom. The molecule has 0 aliphatic heterocycles. The van der Waals surface area contributed by atoms with Crippen molar-refractivity contribution in [2.24, 2.45) is 0 Å². The molecule has 0 aliphatic carbocycles. The van der Waals surface area contributed by atoms with Crippen LogP contribution in [0, 0.1) is 6.92 Å². The molecule has 0 aliphatic rings. The normalized spacial score (nSPS) is 12.4. The summed E-state index contributed by atoms with van der Waals surface area (Å²) in [5.41, 5.74) is 1.36. The fourth-order valence-electron chi connectivity index (χ4n) is 4.04. The van der Waals surface area contributed by atoms with Crippen molar-refractivity contribution in [3.63, 3.8) is 0 Å². The highest BCUT2D eigenvalue weighted by molar-refractivity contribution is 7.90. The van der Waals surface area contributed by atoms with Crippen LogP contribution < -0.4 is 0 Å². The minimum absolute atomic E-state index is 0.000649. The Morgan fingerprint density at radius 1 is 1.03 bits per heavy atom. The molecule has 4 rings (SSSR count). The Balaban J connectivity index is 2.17. The van der Waals surface area contributed by atoms with Crippen LogP contribution in [-0.2, 0) is 19.6 Å². The van der Waals surface area contributed by atoms with Crippen LogP contribution in [0.4, 0.5) is 0 Å². The van der Waals surface area contributed by atoms with Crippen LogP contribution in [0.15, 0.2) is 70.9 Å². The average Bonchev–Trinajstić information content (AvgIpc) is 3.45. The van der Waals surface area contributed by atoms with Crippen molar-refractivity contribution in [1.82, 2.24) is 3.97 Å². The largest absolute Gasteiger partial charge is 0.478 e. The number of carboxylic acid groups (broad SMARTS) is 1. The molecule has 0 atom stereocenters. The second-order valence-corrected chi connectivity index (χ2v) is 10.6. The zero-order valence-electron chi connectivity index (χ0n) is 19.3. The number of allylic oxidation sites excluding steroid dienone is 1. The number of aromatic nitrogens is 1. The first-order chi connectivity index (χ1) is 16.7. The van der Waals surface area contributed by atoms with Crippen LogP contribution in [0.1, 0.15) is 40.3 Å². The Kier molecular flexibility index (Phi) is 6.64. The van der Waals surface area contributed by atoms with E-state index in [1.807, 2.05) is 6.92 Å². The van der Waals surface area contributed by atoms with Crippen molar-refractivity contribution in [2.45, 2.75) is 25.7 Å². The van der Waals surface area contributed by atoms with Gasteiger partial charge in [0.2, 0.25) is 0 Å². The van der Waals surface area contributed by atoms with Gasteiger partial charge in [0.05, 0.1) is 22.6 Å². The molecule has 0 unspecified atom stereocenters. The van der Waals surface area contributed by atoms with Crippen molar-refractivity contribution >= 4 is 55.3 Å². The highest BCUT2D eigenvalue weighted by Crippen LogP contribution is 2.39. The van der Waals surface area contributed by atoms with Crippen LogP contribution in [0.3, 0.4) is 0 Å². The van der Waals surface area contributed by atoms with Gasteiger partial charge in [-0.3, -0.25) is 0 Å². The first-order valence-electron chi connectivity index (χ1n) is 10.8.